The first-order chi connectivity index (χ1) is 15.3. The van der Waals surface area contributed by atoms with Crippen LogP contribution in [0.1, 0.15) is 45.8 Å². The normalized spacial score (nSPS) is 14.8. The molecule has 1 aliphatic rings. The number of carbonyl (C=O) groups excluding carboxylic acids is 1. The summed E-state index contributed by atoms with van der Waals surface area (Å²) in [4.78, 5) is 15.1. The van der Waals surface area contributed by atoms with Crippen LogP contribution in [0.5, 0.6) is 0 Å². The zero-order valence-electron chi connectivity index (χ0n) is 17.6. The van der Waals surface area contributed by atoms with E-state index in [4.69, 9.17) is 4.42 Å². The number of para-hydroxylation sites is 1. The number of fused-ring (bicyclic) bond motifs is 1. The molecule has 0 atom stereocenters. The van der Waals surface area contributed by atoms with Crippen molar-refractivity contribution in [3.8, 4) is 0 Å². The molecule has 166 valence electrons. The fraction of sp³-hybridized carbons (Fsp3) is 0.217. The number of amides is 1. The molecule has 32 heavy (non-hydrogen) atoms. The van der Waals surface area contributed by atoms with Gasteiger partial charge in [-0.15, -0.1) is 0 Å². The summed E-state index contributed by atoms with van der Waals surface area (Å²) in [5.74, 6) is -0.529. The van der Waals surface area contributed by atoms with Crippen molar-refractivity contribution in [2.75, 3.05) is 5.32 Å². The van der Waals surface area contributed by atoms with Gasteiger partial charge in [0, 0.05) is 17.5 Å². The van der Waals surface area contributed by atoms with Gasteiger partial charge in [-0.2, -0.15) is 18.4 Å². The zero-order chi connectivity index (χ0) is 22.9. The monoisotopic (exact) mass is 455 g/mol. The summed E-state index contributed by atoms with van der Waals surface area (Å²) < 4.78 is 44.9. The number of hydrazone groups is 1. The Morgan fingerprint density at radius 3 is 2.50 bits per heavy atom. The maximum absolute atomic E-state index is 13.9. The van der Waals surface area contributed by atoms with Gasteiger partial charge in [-0.3, -0.25) is 4.79 Å². The van der Waals surface area contributed by atoms with Crippen LogP contribution in [0.25, 0.3) is 0 Å². The molecule has 0 fully saturated rings. The number of halogens is 1. The Balaban J connectivity index is 1.61. The van der Waals surface area contributed by atoms with E-state index in [1.807, 2.05) is 6.92 Å². The second-order valence-corrected chi connectivity index (χ2v) is 9.27. The van der Waals surface area contributed by atoms with E-state index in [1.54, 1.807) is 25.1 Å². The van der Waals surface area contributed by atoms with Crippen molar-refractivity contribution in [3.05, 3.63) is 82.6 Å². The van der Waals surface area contributed by atoms with Gasteiger partial charge >= 0.3 is 0 Å². The van der Waals surface area contributed by atoms with E-state index in [0.29, 0.717) is 41.9 Å². The number of nitrogens with zero attached hydrogens (tertiary/aromatic N) is 1. The molecule has 0 radical (unpaired) electrons. The third kappa shape index (κ3) is 4.29. The quantitative estimate of drug-likeness (QED) is 0.560. The predicted octanol–water partition coefficient (Wildman–Crippen LogP) is 4.31. The molecule has 0 spiro atoms. The Morgan fingerprint density at radius 1 is 1.06 bits per heavy atom. The number of hydrogen-bond acceptors (Lipinski definition) is 5. The number of sulfonamides is 1. The molecule has 3 aromatic rings. The average molecular weight is 456 g/mol. The maximum atomic E-state index is 13.9. The van der Waals surface area contributed by atoms with Crippen LogP contribution in [0.3, 0.4) is 0 Å². The van der Waals surface area contributed by atoms with E-state index >= 15 is 0 Å². The molecule has 9 heteroatoms. The highest BCUT2D eigenvalue weighted by molar-refractivity contribution is 7.89. The molecule has 4 rings (SSSR count). The summed E-state index contributed by atoms with van der Waals surface area (Å²) in [6, 6.07) is 12.3. The van der Waals surface area contributed by atoms with Crippen molar-refractivity contribution in [2.24, 2.45) is 5.10 Å². The molecule has 1 aliphatic carbocycles. The van der Waals surface area contributed by atoms with Gasteiger partial charge in [0.1, 0.15) is 11.6 Å². The molecule has 0 bridgehead atoms. The second-order valence-electron chi connectivity index (χ2n) is 7.61. The highest BCUT2D eigenvalue weighted by Crippen LogP contribution is 2.30. The van der Waals surface area contributed by atoms with Crippen molar-refractivity contribution in [1.82, 2.24) is 4.83 Å². The van der Waals surface area contributed by atoms with E-state index in [-0.39, 0.29) is 16.3 Å². The number of carbonyl (C=O) groups is 1. The highest BCUT2D eigenvalue weighted by atomic mass is 32.2. The Hall–Kier alpha value is -3.46. The van der Waals surface area contributed by atoms with Crippen molar-refractivity contribution < 1.29 is 22.0 Å². The van der Waals surface area contributed by atoms with Gasteiger partial charge in [0.25, 0.3) is 15.9 Å². The maximum Gasteiger partial charge on any atom is 0.291 e. The zero-order valence-corrected chi connectivity index (χ0v) is 18.4. The second kappa shape index (κ2) is 8.58. The Morgan fingerprint density at radius 2 is 1.78 bits per heavy atom. The molecule has 0 saturated heterocycles. The summed E-state index contributed by atoms with van der Waals surface area (Å²) in [7, 11) is -3.84. The van der Waals surface area contributed by atoms with E-state index in [1.165, 1.54) is 30.3 Å². The lowest BCUT2D eigenvalue weighted by atomic mass is 9.93. The van der Waals surface area contributed by atoms with Gasteiger partial charge in [0.15, 0.2) is 5.76 Å². The van der Waals surface area contributed by atoms with Gasteiger partial charge < -0.3 is 9.73 Å². The van der Waals surface area contributed by atoms with Crippen LogP contribution in [0.15, 0.2) is 62.9 Å². The van der Waals surface area contributed by atoms with Crippen molar-refractivity contribution in [2.45, 2.75) is 38.0 Å². The van der Waals surface area contributed by atoms with Crippen LogP contribution < -0.4 is 10.1 Å². The molecule has 1 amide bonds. The molecule has 2 aromatic carbocycles. The van der Waals surface area contributed by atoms with Gasteiger partial charge in [-0.1, -0.05) is 29.8 Å². The Kier molecular flexibility index (Phi) is 5.84. The molecule has 1 heterocycles. The number of rotatable bonds is 5. The van der Waals surface area contributed by atoms with E-state index < -0.39 is 21.7 Å². The molecule has 7 nitrogen and oxygen atoms in total. The van der Waals surface area contributed by atoms with Crippen LogP contribution in [-0.4, -0.2) is 20.0 Å². The summed E-state index contributed by atoms with van der Waals surface area (Å²) in [5, 5.41) is 6.67. The SMILES string of the molecule is Cc1ccc(S(=O)(=O)N/N=C2\CCCc3oc(C(=O)Nc4ccccc4F)c(C)c32)cc1. The van der Waals surface area contributed by atoms with Crippen LogP contribution in [0, 0.1) is 19.7 Å². The first-order valence-corrected chi connectivity index (χ1v) is 11.6. The minimum absolute atomic E-state index is 0.0472. The summed E-state index contributed by atoms with van der Waals surface area (Å²) in [6.07, 6.45) is 1.81. The smallest absolute Gasteiger partial charge is 0.291 e. The third-order valence-corrected chi connectivity index (χ3v) is 6.51. The molecule has 0 aliphatic heterocycles. The molecule has 1 aromatic heterocycles. The largest absolute Gasteiger partial charge is 0.455 e. The van der Waals surface area contributed by atoms with Gasteiger partial charge in [0.2, 0.25) is 0 Å². The molecule has 0 saturated carbocycles. The first kappa shape index (κ1) is 21.8. The van der Waals surface area contributed by atoms with Gasteiger partial charge in [-0.25, -0.2) is 4.39 Å². The number of anilines is 1. The van der Waals surface area contributed by atoms with Gasteiger partial charge in [-0.05, 0) is 51.0 Å². The van der Waals surface area contributed by atoms with E-state index in [2.05, 4.69) is 15.2 Å². The lowest BCUT2D eigenvalue weighted by Crippen LogP contribution is -2.22. The summed E-state index contributed by atoms with van der Waals surface area (Å²) >= 11 is 0. The molecular formula is C23H22FN3O4S. The van der Waals surface area contributed by atoms with Crippen molar-refractivity contribution >= 4 is 27.3 Å². The van der Waals surface area contributed by atoms with E-state index in [9.17, 15) is 17.6 Å². The number of benzene rings is 2. The van der Waals surface area contributed by atoms with E-state index in [0.717, 1.165) is 5.56 Å². The van der Waals surface area contributed by atoms with Crippen molar-refractivity contribution in [1.29, 1.82) is 0 Å². The summed E-state index contributed by atoms with van der Waals surface area (Å²) in [5.41, 5.74) is 2.63. The van der Waals surface area contributed by atoms with Crippen LogP contribution in [0.4, 0.5) is 10.1 Å². The highest BCUT2D eigenvalue weighted by Gasteiger charge is 2.28. The van der Waals surface area contributed by atoms with Crippen molar-refractivity contribution in [3.63, 3.8) is 0 Å². The van der Waals surface area contributed by atoms with Crippen LogP contribution >= 0.6 is 0 Å². The number of furan rings is 1. The minimum Gasteiger partial charge on any atom is -0.455 e. The minimum atomic E-state index is -3.84. The Bertz CT molecular complexity index is 1310. The molecule has 0 unspecified atom stereocenters. The third-order valence-electron chi connectivity index (χ3n) is 5.29. The van der Waals surface area contributed by atoms with Crippen LogP contribution in [0.2, 0.25) is 0 Å². The first-order valence-electron chi connectivity index (χ1n) is 10.1. The molecule has 2 N–H and O–H groups in total. The lowest BCUT2D eigenvalue weighted by Gasteiger charge is -2.14. The molecular weight excluding hydrogens is 433 g/mol. The standard InChI is InChI=1S/C23H22FN3O4S/c1-14-10-12-16(13-11-14)32(29,30)27-26-19-8-5-9-20-21(19)15(2)22(31-20)23(28)25-18-7-4-3-6-17(18)24/h3-4,6-7,10-13,27H,5,8-9H2,1-2H3,(H,25,28)/b26-19+. The van der Waals surface area contributed by atoms with Gasteiger partial charge in [0.05, 0.1) is 16.3 Å². The number of hydrogen-bond donors (Lipinski definition) is 2. The Labute approximate surface area is 185 Å². The summed E-state index contributed by atoms with van der Waals surface area (Å²) in [6.45, 7) is 3.57. The predicted molar refractivity (Wildman–Crippen MR) is 119 cm³/mol. The average Bonchev–Trinajstić information content (AvgIpc) is 3.11. The fourth-order valence-corrected chi connectivity index (χ4v) is 4.45. The van der Waals surface area contributed by atoms with Crippen LogP contribution in [-0.2, 0) is 16.4 Å². The number of aryl methyl sites for hydroxylation is 2. The topological polar surface area (TPSA) is 101 Å². The fourth-order valence-electron chi connectivity index (χ4n) is 3.62. The lowest BCUT2D eigenvalue weighted by molar-refractivity contribution is 0.0993. The number of nitrogens with one attached hydrogen (secondary N) is 2.